The summed E-state index contributed by atoms with van der Waals surface area (Å²) in [4.78, 5) is 2.76. The van der Waals surface area contributed by atoms with Crippen molar-refractivity contribution in [2.75, 3.05) is 0 Å². The first-order chi connectivity index (χ1) is 8.99. The van der Waals surface area contributed by atoms with E-state index in [9.17, 15) is 4.39 Å². The van der Waals surface area contributed by atoms with Crippen LogP contribution in [-0.2, 0) is 6.54 Å². The van der Waals surface area contributed by atoms with Gasteiger partial charge < -0.3 is 5.73 Å². The normalized spacial score (nSPS) is 24.4. The molecule has 1 aromatic carbocycles. The number of halogens is 1. The van der Waals surface area contributed by atoms with Crippen LogP contribution in [0, 0.1) is 5.82 Å². The van der Waals surface area contributed by atoms with Crippen LogP contribution in [0.15, 0.2) is 18.2 Å². The molecule has 2 rings (SSSR count). The molecular formula is C15H21FN2S. The highest BCUT2D eigenvalue weighted by atomic mass is 32.1. The van der Waals surface area contributed by atoms with Crippen molar-refractivity contribution in [1.29, 1.82) is 0 Å². The van der Waals surface area contributed by atoms with E-state index in [0.717, 1.165) is 11.1 Å². The van der Waals surface area contributed by atoms with Gasteiger partial charge in [-0.05, 0) is 50.5 Å². The molecule has 19 heavy (non-hydrogen) atoms. The van der Waals surface area contributed by atoms with Gasteiger partial charge in [-0.25, -0.2) is 4.39 Å². The number of nitrogens with two attached hydrogens (primary N) is 1. The van der Waals surface area contributed by atoms with Gasteiger partial charge in [-0.15, -0.1) is 0 Å². The molecule has 0 spiro atoms. The number of thiocarbonyl (C=S) groups is 1. The van der Waals surface area contributed by atoms with E-state index in [1.165, 1.54) is 25.3 Å². The summed E-state index contributed by atoms with van der Waals surface area (Å²) in [6.45, 7) is 5.18. The van der Waals surface area contributed by atoms with Crippen LogP contribution in [0.1, 0.15) is 44.2 Å². The van der Waals surface area contributed by atoms with Gasteiger partial charge in [0.25, 0.3) is 0 Å². The topological polar surface area (TPSA) is 29.3 Å². The van der Waals surface area contributed by atoms with Crippen molar-refractivity contribution in [1.82, 2.24) is 4.90 Å². The molecule has 1 aliphatic rings. The van der Waals surface area contributed by atoms with Gasteiger partial charge in [0.15, 0.2) is 0 Å². The number of hydrogen-bond acceptors (Lipinski definition) is 2. The molecule has 2 N–H and O–H groups in total. The highest BCUT2D eigenvalue weighted by Gasteiger charge is 2.25. The Morgan fingerprint density at radius 3 is 2.58 bits per heavy atom. The van der Waals surface area contributed by atoms with Crippen LogP contribution in [0.25, 0.3) is 0 Å². The van der Waals surface area contributed by atoms with Crippen molar-refractivity contribution < 1.29 is 4.39 Å². The molecule has 4 heteroatoms. The first kappa shape index (κ1) is 14.4. The van der Waals surface area contributed by atoms with Crippen molar-refractivity contribution in [2.24, 2.45) is 5.73 Å². The average molecular weight is 280 g/mol. The maximum Gasteiger partial charge on any atom is 0.123 e. The lowest BCUT2D eigenvalue weighted by molar-refractivity contribution is 0.0951. The summed E-state index contributed by atoms with van der Waals surface area (Å²) in [5, 5.41) is 0. The Morgan fingerprint density at radius 2 is 2.00 bits per heavy atom. The van der Waals surface area contributed by atoms with Crippen molar-refractivity contribution in [3.8, 4) is 0 Å². The largest absolute Gasteiger partial charge is 0.389 e. The predicted molar refractivity (Wildman–Crippen MR) is 80.6 cm³/mol. The first-order valence-corrected chi connectivity index (χ1v) is 7.24. The Bertz CT molecular complexity index is 465. The van der Waals surface area contributed by atoms with E-state index in [4.69, 9.17) is 18.0 Å². The highest BCUT2D eigenvalue weighted by Crippen LogP contribution is 2.25. The molecule has 0 unspecified atom stereocenters. The smallest absolute Gasteiger partial charge is 0.123 e. The predicted octanol–water partition coefficient (Wildman–Crippen LogP) is 3.22. The van der Waals surface area contributed by atoms with Gasteiger partial charge in [-0.1, -0.05) is 18.6 Å². The third kappa shape index (κ3) is 3.31. The Balaban J connectivity index is 2.26. The number of nitrogens with zero attached hydrogens (tertiary/aromatic N) is 1. The minimum atomic E-state index is -0.229. The molecule has 0 radical (unpaired) electrons. The third-order valence-electron chi connectivity index (χ3n) is 4.06. The molecule has 1 aromatic rings. The fourth-order valence-electron chi connectivity index (χ4n) is 2.92. The minimum absolute atomic E-state index is 0.229. The molecule has 2 atom stereocenters. The van der Waals surface area contributed by atoms with Crippen LogP contribution in [0.5, 0.6) is 0 Å². The van der Waals surface area contributed by atoms with E-state index in [1.54, 1.807) is 12.1 Å². The van der Waals surface area contributed by atoms with Gasteiger partial charge in [0, 0.05) is 24.2 Å². The van der Waals surface area contributed by atoms with Crippen LogP contribution in [-0.4, -0.2) is 22.0 Å². The summed E-state index contributed by atoms with van der Waals surface area (Å²) in [6.07, 6.45) is 3.66. The number of hydrogen-bond donors (Lipinski definition) is 1. The van der Waals surface area contributed by atoms with Crippen molar-refractivity contribution in [2.45, 2.75) is 51.7 Å². The quantitative estimate of drug-likeness (QED) is 0.862. The van der Waals surface area contributed by atoms with Crippen LogP contribution >= 0.6 is 12.2 Å². The zero-order valence-corrected chi connectivity index (χ0v) is 12.3. The summed E-state index contributed by atoms with van der Waals surface area (Å²) in [5.41, 5.74) is 7.42. The van der Waals surface area contributed by atoms with E-state index in [2.05, 4.69) is 18.7 Å². The SMILES string of the molecule is C[C@@H]1CCC[C@H](C)N1Cc1cc(F)ccc1C(N)=S. The van der Waals surface area contributed by atoms with Gasteiger partial charge in [-0.2, -0.15) is 0 Å². The second kappa shape index (κ2) is 5.97. The van der Waals surface area contributed by atoms with Crippen LogP contribution in [0.4, 0.5) is 4.39 Å². The number of rotatable bonds is 3. The van der Waals surface area contributed by atoms with Crippen molar-refractivity contribution in [3.63, 3.8) is 0 Å². The molecule has 0 amide bonds. The molecule has 0 aliphatic carbocycles. The molecular weight excluding hydrogens is 259 g/mol. The lowest BCUT2D eigenvalue weighted by Crippen LogP contribution is -2.43. The van der Waals surface area contributed by atoms with E-state index in [1.807, 2.05) is 0 Å². The summed E-state index contributed by atoms with van der Waals surface area (Å²) >= 11 is 5.06. The number of likely N-dealkylation sites (tertiary alicyclic amines) is 1. The molecule has 1 aliphatic heterocycles. The second-order valence-electron chi connectivity index (χ2n) is 5.47. The fourth-order valence-corrected chi connectivity index (χ4v) is 3.12. The van der Waals surface area contributed by atoms with Crippen LogP contribution in [0.3, 0.4) is 0 Å². The maximum atomic E-state index is 13.5. The first-order valence-electron chi connectivity index (χ1n) is 6.83. The molecule has 2 nitrogen and oxygen atoms in total. The third-order valence-corrected chi connectivity index (χ3v) is 4.28. The van der Waals surface area contributed by atoms with Gasteiger partial charge >= 0.3 is 0 Å². The monoisotopic (exact) mass is 280 g/mol. The zero-order chi connectivity index (χ0) is 14.0. The number of benzene rings is 1. The molecule has 0 bridgehead atoms. The molecule has 104 valence electrons. The summed E-state index contributed by atoms with van der Waals surface area (Å²) in [6, 6.07) is 5.70. The Kier molecular flexibility index (Phi) is 4.53. The van der Waals surface area contributed by atoms with Gasteiger partial charge in [-0.3, -0.25) is 4.90 Å². The standard InChI is InChI=1S/C15H21FN2S/c1-10-4-3-5-11(2)18(10)9-12-8-13(16)6-7-14(12)15(17)19/h6-8,10-11H,3-5,9H2,1-2H3,(H2,17,19)/t10-,11+. The Morgan fingerprint density at radius 1 is 1.37 bits per heavy atom. The van der Waals surface area contributed by atoms with Gasteiger partial charge in [0.1, 0.15) is 10.8 Å². The summed E-state index contributed by atoms with van der Waals surface area (Å²) < 4.78 is 13.5. The molecule has 1 fully saturated rings. The summed E-state index contributed by atoms with van der Waals surface area (Å²) in [5.74, 6) is -0.229. The molecule has 0 saturated carbocycles. The van der Waals surface area contributed by atoms with Crippen LogP contribution in [0.2, 0.25) is 0 Å². The van der Waals surface area contributed by atoms with Crippen LogP contribution < -0.4 is 5.73 Å². The van der Waals surface area contributed by atoms with Crippen molar-refractivity contribution >= 4 is 17.2 Å². The van der Waals surface area contributed by atoms with E-state index in [-0.39, 0.29) is 5.82 Å². The van der Waals surface area contributed by atoms with Gasteiger partial charge in [0.05, 0.1) is 0 Å². The Hall–Kier alpha value is -1.00. The number of piperidine rings is 1. The van der Waals surface area contributed by atoms with Crippen molar-refractivity contribution in [3.05, 3.63) is 35.1 Å². The highest BCUT2D eigenvalue weighted by molar-refractivity contribution is 7.80. The molecule has 1 saturated heterocycles. The average Bonchev–Trinajstić information content (AvgIpc) is 2.33. The lowest BCUT2D eigenvalue weighted by atomic mass is 9.96. The minimum Gasteiger partial charge on any atom is -0.389 e. The Labute approximate surface area is 119 Å². The molecule has 0 aromatic heterocycles. The zero-order valence-electron chi connectivity index (χ0n) is 11.5. The lowest BCUT2D eigenvalue weighted by Gasteiger charge is -2.39. The van der Waals surface area contributed by atoms with E-state index in [0.29, 0.717) is 23.6 Å². The molecule has 1 heterocycles. The van der Waals surface area contributed by atoms with E-state index < -0.39 is 0 Å². The summed E-state index contributed by atoms with van der Waals surface area (Å²) in [7, 11) is 0. The second-order valence-corrected chi connectivity index (χ2v) is 5.91. The van der Waals surface area contributed by atoms with Gasteiger partial charge in [0.2, 0.25) is 0 Å². The van der Waals surface area contributed by atoms with E-state index >= 15 is 0 Å². The fraction of sp³-hybridized carbons (Fsp3) is 0.533. The maximum absolute atomic E-state index is 13.5.